The summed E-state index contributed by atoms with van der Waals surface area (Å²) < 4.78 is 0. The summed E-state index contributed by atoms with van der Waals surface area (Å²) in [6, 6.07) is 8.23. The van der Waals surface area contributed by atoms with Crippen molar-refractivity contribution in [2.45, 2.75) is 36.4 Å². The predicted octanol–water partition coefficient (Wildman–Crippen LogP) is -0.212. The van der Waals surface area contributed by atoms with Crippen LogP contribution in [-0.4, -0.2) is 103 Å². The summed E-state index contributed by atoms with van der Waals surface area (Å²) in [5.74, 6) is 0.360. The number of anilines is 1. The molecule has 2 fully saturated rings. The van der Waals surface area contributed by atoms with Gasteiger partial charge in [0.05, 0.1) is 11.6 Å². The molecule has 5 heterocycles. The highest BCUT2D eigenvalue weighted by atomic mass is 32.2. The van der Waals surface area contributed by atoms with Gasteiger partial charge in [-0.05, 0) is 38.6 Å². The third kappa shape index (κ3) is 4.29. The zero-order valence-electron chi connectivity index (χ0n) is 20.1. The molecule has 4 atom stereocenters. The Morgan fingerprint density at radius 3 is 2.91 bits per heavy atom. The zero-order chi connectivity index (χ0) is 24.1. The third-order valence-corrected chi connectivity index (χ3v) is 8.71. The van der Waals surface area contributed by atoms with Crippen molar-refractivity contribution in [2.24, 2.45) is 16.6 Å². The molecule has 1 aromatic rings. The molecule has 0 aromatic heterocycles. The molecule has 0 radical (unpaired) electrons. The Labute approximate surface area is 210 Å². The fourth-order valence-electron chi connectivity index (χ4n) is 5.57. The number of carbonyl (C=O) groups is 1. The Hall–Kier alpha value is -1.99. The van der Waals surface area contributed by atoms with Crippen molar-refractivity contribution in [3.05, 3.63) is 35.0 Å². The molecule has 2 saturated heterocycles. The predicted molar refractivity (Wildman–Crippen MR) is 137 cm³/mol. The number of allylic oxidation sites excluding steroid dienone is 1. The number of aliphatic hydroxyl groups excluding tert-OH is 1. The first-order valence-electron chi connectivity index (χ1n) is 12.5. The van der Waals surface area contributed by atoms with Gasteiger partial charge in [0.2, 0.25) is 0 Å². The van der Waals surface area contributed by atoms with E-state index in [1.54, 1.807) is 11.8 Å². The molecule has 1 aromatic carbocycles. The van der Waals surface area contributed by atoms with Crippen LogP contribution in [0.4, 0.5) is 5.69 Å². The molecule has 188 valence electrons. The Balaban J connectivity index is 1.35. The van der Waals surface area contributed by atoms with Crippen LogP contribution in [0.1, 0.15) is 12.8 Å². The van der Waals surface area contributed by atoms with E-state index in [0.717, 1.165) is 60.5 Å². The number of nitrogens with two attached hydrogens (primary N) is 1. The molecule has 35 heavy (non-hydrogen) atoms. The van der Waals surface area contributed by atoms with Gasteiger partial charge in [-0.3, -0.25) is 24.8 Å². The number of likely N-dealkylation sites (tertiary alicyclic amines) is 1. The number of benzene rings is 1. The number of carbonyl (C=O) groups excluding carboxylic acids is 1. The van der Waals surface area contributed by atoms with Crippen molar-refractivity contribution >= 4 is 29.1 Å². The van der Waals surface area contributed by atoms with Crippen molar-refractivity contribution in [2.75, 3.05) is 57.8 Å². The topological polar surface area (TPSA) is 113 Å². The Kier molecular flexibility index (Phi) is 6.33. The summed E-state index contributed by atoms with van der Waals surface area (Å²) in [6.45, 7) is 5.83. The van der Waals surface area contributed by atoms with E-state index in [4.69, 9.17) is 10.7 Å². The first kappa shape index (κ1) is 23.4. The second-order valence-electron chi connectivity index (χ2n) is 10.0. The average Bonchev–Trinajstić information content (AvgIpc) is 3.40. The van der Waals surface area contributed by atoms with E-state index in [9.17, 15) is 9.90 Å². The van der Waals surface area contributed by atoms with Crippen LogP contribution in [0.3, 0.4) is 0 Å². The van der Waals surface area contributed by atoms with Crippen molar-refractivity contribution in [3.8, 4) is 0 Å². The number of hydrogen-bond donors (Lipinski definition) is 4. The van der Waals surface area contributed by atoms with E-state index in [1.807, 2.05) is 17.0 Å². The van der Waals surface area contributed by atoms with Crippen LogP contribution in [0.2, 0.25) is 0 Å². The van der Waals surface area contributed by atoms with E-state index in [0.29, 0.717) is 25.3 Å². The van der Waals surface area contributed by atoms with E-state index in [1.165, 1.54) is 0 Å². The summed E-state index contributed by atoms with van der Waals surface area (Å²) in [6.07, 6.45) is 0.826. The second-order valence-corrected chi connectivity index (χ2v) is 11.1. The van der Waals surface area contributed by atoms with Gasteiger partial charge in [0, 0.05) is 50.2 Å². The molecule has 4 unspecified atom stereocenters. The lowest BCUT2D eigenvalue weighted by Crippen LogP contribution is -2.59. The summed E-state index contributed by atoms with van der Waals surface area (Å²) >= 11 is 1.56. The fourth-order valence-corrected chi connectivity index (χ4v) is 6.73. The number of fused-ring (bicyclic) bond motifs is 5. The SMILES string of the molecule is CN1CCCN(C2N=C3C(CN2)C(=O)C(NC(O)N2CCC(N)C2)=C2Sc4ccccc4N32)CC1. The van der Waals surface area contributed by atoms with Crippen LogP contribution in [0.25, 0.3) is 0 Å². The molecule has 0 spiro atoms. The summed E-state index contributed by atoms with van der Waals surface area (Å²) in [5, 5.41) is 18.4. The molecule has 6 rings (SSSR count). The largest absolute Gasteiger partial charge is 0.361 e. The molecule has 0 aliphatic carbocycles. The first-order valence-corrected chi connectivity index (χ1v) is 13.3. The minimum Gasteiger partial charge on any atom is -0.361 e. The van der Waals surface area contributed by atoms with Crippen LogP contribution in [-0.2, 0) is 4.79 Å². The highest BCUT2D eigenvalue weighted by Crippen LogP contribution is 2.50. The molecular weight excluding hydrogens is 464 g/mol. The summed E-state index contributed by atoms with van der Waals surface area (Å²) in [7, 11) is 2.16. The number of nitrogens with zero attached hydrogens (tertiary/aromatic N) is 5. The molecule has 5 aliphatic heterocycles. The van der Waals surface area contributed by atoms with Gasteiger partial charge in [-0.1, -0.05) is 23.9 Å². The van der Waals surface area contributed by atoms with Crippen molar-refractivity contribution in [1.29, 1.82) is 0 Å². The van der Waals surface area contributed by atoms with Crippen LogP contribution < -0.4 is 21.3 Å². The van der Waals surface area contributed by atoms with Crippen LogP contribution in [0, 0.1) is 5.92 Å². The van der Waals surface area contributed by atoms with Gasteiger partial charge in [0.25, 0.3) is 0 Å². The number of amidine groups is 1. The second kappa shape index (κ2) is 9.47. The fraction of sp³-hybridized carbons (Fsp3) is 0.583. The van der Waals surface area contributed by atoms with Crippen LogP contribution >= 0.6 is 11.8 Å². The number of rotatable bonds is 4. The van der Waals surface area contributed by atoms with Crippen molar-refractivity contribution in [3.63, 3.8) is 0 Å². The normalized spacial score (nSPS) is 31.1. The number of para-hydroxylation sites is 1. The number of likely N-dealkylation sites (N-methyl/N-ethyl adjacent to an activating group) is 1. The number of Topliss-reactive ketones (excluding diaryl/α,β-unsaturated/α-hetero) is 1. The Morgan fingerprint density at radius 1 is 1.23 bits per heavy atom. The van der Waals surface area contributed by atoms with Gasteiger partial charge in [-0.15, -0.1) is 0 Å². The lowest BCUT2D eigenvalue weighted by molar-refractivity contribution is -0.119. The summed E-state index contributed by atoms with van der Waals surface area (Å²) in [4.78, 5) is 28.8. The summed E-state index contributed by atoms with van der Waals surface area (Å²) in [5.41, 5.74) is 7.54. The van der Waals surface area contributed by atoms with Crippen LogP contribution in [0.15, 0.2) is 44.9 Å². The third-order valence-electron chi connectivity index (χ3n) is 7.57. The van der Waals surface area contributed by atoms with Gasteiger partial charge in [-0.25, -0.2) is 4.99 Å². The molecular formula is C24H34N8O2S. The van der Waals surface area contributed by atoms with Gasteiger partial charge >= 0.3 is 0 Å². The first-order chi connectivity index (χ1) is 17.0. The van der Waals surface area contributed by atoms with Gasteiger partial charge in [0.1, 0.15) is 16.6 Å². The number of ketones is 1. The van der Waals surface area contributed by atoms with Crippen molar-refractivity contribution in [1.82, 2.24) is 25.3 Å². The Bertz CT molecular complexity index is 1060. The number of nitrogens with one attached hydrogen (secondary N) is 2. The standard InChI is InChI=1S/C24H34N8O2S/c1-29-8-4-9-30(12-11-29)23-26-13-16-20(33)19(27-24(34)31-10-7-15(25)14-31)22-32(21(16)28-23)17-5-2-3-6-18(17)35-22/h2-3,5-6,15-16,23-24,26-27,34H,4,7-14,25H2,1H3. The maximum absolute atomic E-state index is 13.8. The number of aliphatic hydroxyl groups is 1. The van der Waals surface area contributed by atoms with Crippen molar-refractivity contribution < 1.29 is 9.90 Å². The molecule has 0 amide bonds. The van der Waals surface area contributed by atoms with E-state index < -0.39 is 12.3 Å². The maximum Gasteiger partial charge on any atom is 0.193 e. The molecule has 5 N–H and O–H groups in total. The maximum atomic E-state index is 13.8. The number of aliphatic imine (C=N–C) groups is 1. The van der Waals surface area contributed by atoms with Crippen LogP contribution in [0.5, 0.6) is 0 Å². The van der Waals surface area contributed by atoms with Gasteiger partial charge in [-0.2, -0.15) is 0 Å². The number of thioether (sulfide) groups is 1. The Morgan fingerprint density at radius 2 is 2.09 bits per heavy atom. The number of hydrogen-bond acceptors (Lipinski definition) is 11. The average molecular weight is 499 g/mol. The molecule has 11 heteroatoms. The molecule has 10 nitrogen and oxygen atoms in total. The lowest BCUT2D eigenvalue weighted by atomic mass is 9.94. The van der Waals surface area contributed by atoms with Gasteiger partial charge in [0.15, 0.2) is 18.4 Å². The van der Waals surface area contributed by atoms with E-state index in [2.05, 4.69) is 44.5 Å². The molecule has 0 bridgehead atoms. The minimum atomic E-state index is -0.960. The molecule has 5 aliphatic rings. The molecule has 0 saturated carbocycles. The lowest BCUT2D eigenvalue weighted by Gasteiger charge is -2.41. The minimum absolute atomic E-state index is 0.0283. The van der Waals surface area contributed by atoms with E-state index in [-0.39, 0.29) is 18.1 Å². The quantitative estimate of drug-likeness (QED) is 0.416. The smallest absolute Gasteiger partial charge is 0.193 e. The highest BCUT2D eigenvalue weighted by Gasteiger charge is 2.47. The monoisotopic (exact) mass is 498 g/mol. The van der Waals surface area contributed by atoms with E-state index >= 15 is 0 Å². The van der Waals surface area contributed by atoms with Gasteiger partial charge < -0.3 is 21.1 Å². The highest BCUT2D eigenvalue weighted by molar-refractivity contribution is 8.03. The zero-order valence-corrected chi connectivity index (χ0v) is 20.9.